The Hall–Kier alpha value is -0.390. The highest BCUT2D eigenvalue weighted by Crippen LogP contribution is 2.22. The molecule has 0 spiro atoms. The summed E-state index contributed by atoms with van der Waals surface area (Å²) >= 11 is 5.12. The molecule has 1 aromatic heterocycles. The Morgan fingerprint density at radius 2 is 2.56 bits per heavy atom. The van der Waals surface area contributed by atoms with E-state index in [0.717, 1.165) is 17.4 Å². The molecule has 5 heteroatoms. The van der Waals surface area contributed by atoms with Crippen molar-refractivity contribution in [2.75, 3.05) is 6.54 Å². The summed E-state index contributed by atoms with van der Waals surface area (Å²) in [6, 6.07) is 2.30. The first kappa shape index (κ1) is 12.1. The van der Waals surface area contributed by atoms with Crippen molar-refractivity contribution in [1.82, 2.24) is 10.6 Å². The van der Waals surface area contributed by atoms with Crippen molar-refractivity contribution >= 4 is 33.2 Å². The summed E-state index contributed by atoms with van der Waals surface area (Å²) in [6.07, 6.45) is 0.943. The van der Waals surface area contributed by atoms with E-state index in [2.05, 4.69) is 33.5 Å². The summed E-state index contributed by atoms with van der Waals surface area (Å²) in [4.78, 5) is 13.1. The van der Waals surface area contributed by atoms with Gasteiger partial charge in [-0.2, -0.15) is 0 Å². The van der Waals surface area contributed by atoms with Crippen LogP contribution in [0, 0.1) is 5.92 Å². The first-order chi connectivity index (χ1) is 7.68. The molecular weight excluding hydrogens is 288 g/mol. The van der Waals surface area contributed by atoms with Crippen LogP contribution in [0.5, 0.6) is 0 Å². The second-order valence-electron chi connectivity index (χ2n) is 4.05. The fraction of sp³-hybridized carbons (Fsp3) is 0.545. The monoisotopic (exact) mass is 302 g/mol. The van der Waals surface area contributed by atoms with E-state index in [0.29, 0.717) is 12.6 Å². The largest absolute Gasteiger partial charge is 0.351 e. The van der Waals surface area contributed by atoms with E-state index in [4.69, 9.17) is 0 Å². The molecule has 0 aromatic carbocycles. The van der Waals surface area contributed by atoms with Crippen LogP contribution in [0.4, 0.5) is 0 Å². The van der Waals surface area contributed by atoms with Crippen molar-refractivity contribution in [3.05, 3.63) is 20.8 Å². The van der Waals surface area contributed by atoms with E-state index in [1.807, 2.05) is 11.4 Å². The average Bonchev–Trinajstić information content (AvgIpc) is 2.84. The quantitative estimate of drug-likeness (QED) is 0.898. The van der Waals surface area contributed by atoms with E-state index < -0.39 is 0 Å². The maximum atomic E-state index is 11.9. The molecule has 0 aliphatic carbocycles. The Morgan fingerprint density at radius 1 is 1.75 bits per heavy atom. The molecule has 1 aromatic rings. The third kappa shape index (κ3) is 2.64. The van der Waals surface area contributed by atoms with Crippen LogP contribution in [0.3, 0.4) is 0 Å². The van der Waals surface area contributed by atoms with Crippen molar-refractivity contribution in [3.8, 4) is 0 Å². The summed E-state index contributed by atoms with van der Waals surface area (Å²) in [6.45, 7) is 3.64. The Morgan fingerprint density at radius 3 is 3.12 bits per heavy atom. The molecule has 1 aliphatic rings. The number of hydrogen-bond donors (Lipinski definition) is 2. The lowest BCUT2D eigenvalue weighted by Crippen LogP contribution is -2.36. The van der Waals surface area contributed by atoms with Gasteiger partial charge in [-0.15, -0.1) is 11.3 Å². The lowest BCUT2D eigenvalue weighted by molar-refractivity contribution is -0.125. The SMILES string of the molecule is CC1NCCC1C(=O)NCc1sccc1Br. The minimum absolute atomic E-state index is 0.124. The normalized spacial score (nSPS) is 24.6. The number of carbonyl (C=O) groups excluding carboxylic acids is 1. The van der Waals surface area contributed by atoms with Gasteiger partial charge < -0.3 is 10.6 Å². The first-order valence-corrected chi connectivity index (χ1v) is 7.08. The van der Waals surface area contributed by atoms with Crippen molar-refractivity contribution in [2.45, 2.75) is 25.9 Å². The highest BCUT2D eigenvalue weighted by Gasteiger charge is 2.29. The number of thiophene rings is 1. The minimum atomic E-state index is 0.124. The molecule has 88 valence electrons. The Labute approximate surface area is 108 Å². The zero-order valence-corrected chi connectivity index (χ0v) is 11.5. The first-order valence-electron chi connectivity index (χ1n) is 5.41. The van der Waals surface area contributed by atoms with E-state index in [9.17, 15) is 4.79 Å². The van der Waals surface area contributed by atoms with Gasteiger partial charge in [0, 0.05) is 15.4 Å². The summed E-state index contributed by atoms with van der Waals surface area (Å²) in [5, 5.41) is 8.31. The van der Waals surface area contributed by atoms with Gasteiger partial charge in [0.15, 0.2) is 0 Å². The minimum Gasteiger partial charge on any atom is -0.351 e. The molecule has 16 heavy (non-hydrogen) atoms. The standard InChI is InChI=1S/C11H15BrN2OS/c1-7-8(2-4-13-7)11(15)14-6-10-9(12)3-5-16-10/h3,5,7-8,13H,2,4,6H2,1H3,(H,14,15). The zero-order chi connectivity index (χ0) is 11.5. The fourth-order valence-corrected chi connectivity index (χ4v) is 3.40. The average molecular weight is 303 g/mol. The number of halogens is 1. The van der Waals surface area contributed by atoms with E-state index >= 15 is 0 Å². The van der Waals surface area contributed by atoms with Crippen molar-refractivity contribution in [3.63, 3.8) is 0 Å². The molecule has 1 fully saturated rings. The van der Waals surface area contributed by atoms with E-state index in [1.165, 1.54) is 4.88 Å². The summed E-state index contributed by atoms with van der Waals surface area (Å²) < 4.78 is 1.08. The van der Waals surface area contributed by atoms with E-state index in [-0.39, 0.29) is 11.8 Å². The number of rotatable bonds is 3. The number of amides is 1. The smallest absolute Gasteiger partial charge is 0.225 e. The molecule has 0 saturated carbocycles. The maximum Gasteiger partial charge on any atom is 0.225 e. The number of carbonyl (C=O) groups is 1. The highest BCUT2D eigenvalue weighted by atomic mass is 79.9. The summed E-state index contributed by atoms with van der Waals surface area (Å²) in [5.74, 6) is 0.288. The van der Waals surface area contributed by atoms with Gasteiger partial charge in [-0.1, -0.05) is 0 Å². The third-order valence-electron chi connectivity index (χ3n) is 2.98. The molecule has 0 radical (unpaired) electrons. The lowest BCUT2D eigenvalue weighted by Gasteiger charge is -2.14. The van der Waals surface area contributed by atoms with E-state index in [1.54, 1.807) is 11.3 Å². The molecule has 1 aliphatic heterocycles. The van der Waals surface area contributed by atoms with Gasteiger partial charge in [0.2, 0.25) is 5.91 Å². The predicted molar refractivity (Wildman–Crippen MR) is 69.4 cm³/mol. The van der Waals surface area contributed by atoms with Crippen molar-refractivity contribution in [2.24, 2.45) is 5.92 Å². The molecule has 2 unspecified atom stereocenters. The molecule has 1 saturated heterocycles. The second kappa shape index (κ2) is 5.29. The van der Waals surface area contributed by atoms with Crippen LogP contribution in [0.15, 0.2) is 15.9 Å². The topological polar surface area (TPSA) is 41.1 Å². The zero-order valence-electron chi connectivity index (χ0n) is 9.13. The van der Waals surface area contributed by atoms with Crippen LogP contribution in [0.2, 0.25) is 0 Å². The molecule has 0 bridgehead atoms. The number of nitrogens with one attached hydrogen (secondary N) is 2. The van der Waals surface area contributed by atoms with Gasteiger partial charge in [0.1, 0.15) is 0 Å². The van der Waals surface area contributed by atoms with Crippen LogP contribution in [-0.4, -0.2) is 18.5 Å². The Balaban J connectivity index is 1.86. The molecule has 2 rings (SSSR count). The van der Waals surface area contributed by atoms with Gasteiger partial charge in [0.25, 0.3) is 0 Å². The Bertz CT molecular complexity index is 380. The number of hydrogen-bond acceptors (Lipinski definition) is 3. The van der Waals surface area contributed by atoms with Crippen molar-refractivity contribution < 1.29 is 4.79 Å². The fourth-order valence-electron chi connectivity index (χ4n) is 1.97. The molecule has 2 N–H and O–H groups in total. The third-order valence-corrected chi connectivity index (χ3v) is 4.90. The molecule has 1 amide bonds. The van der Waals surface area contributed by atoms with Crippen molar-refractivity contribution in [1.29, 1.82) is 0 Å². The maximum absolute atomic E-state index is 11.9. The van der Waals surface area contributed by atoms with Gasteiger partial charge in [-0.25, -0.2) is 0 Å². The van der Waals surface area contributed by atoms with Gasteiger partial charge in [-0.3, -0.25) is 4.79 Å². The Kier molecular flexibility index (Phi) is 4.00. The van der Waals surface area contributed by atoms with Crippen LogP contribution < -0.4 is 10.6 Å². The van der Waals surface area contributed by atoms with Gasteiger partial charge >= 0.3 is 0 Å². The van der Waals surface area contributed by atoms with Crippen LogP contribution in [-0.2, 0) is 11.3 Å². The second-order valence-corrected chi connectivity index (χ2v) is 5.90. The summed E-state index contributed by atoms with van der Waals surface area (Å²) in [5.41, 5.74) is 0. The predicted octanol–water partition coefficient (Wildman–Crippen LogP) is 2.12. The van der Waals surface area contributed by atoms with Crippen LogP contribution in [0.1, 0.15) is 18.2 Å². The van der Waals surface area contributed by atoms with Gasteiger partial charge in [-0.05, 0) is 47.3 Å². The molecule has 3 nitrogen and oxygen atoms in total. The molecular formula is C11H15BrN2OS. The molecule has 2 atom stereocenters. The lowest BCUT2D eigenvalue weighted by atomic mass is 10.0. The van der Waals surface area contributed by atoms with Crippen LogP contribution >= 0.6 is 27.3 Å². The highest BCUT2D eigenvalue weighted by molar-refractivity contribution is 9.10. The summed E-state index contributed by atoms with van der Waals surface area (Å²) in [7, 11) is 0. The van der Waals surface area contributed by atoms with Gasteiger partial charge in [0.05, 0.1) is 12.5 Å². The molecule has 2 heterocycles. The van der Waals surface area contributed by atoms with Crippen LogP contribution in [0.25, 0.3) is 0 Å².